The molecule has 1 saturated carbocycles. The minimum Gasteiger partial charge on any atom is -0.338 e. The standard InChI is InChI=1S/C16H15BrN6O/c17-11-2-4-12(5-3-11)23-8-13(19-10-23)14(24)21-16(6-1-7-16)15-18-9-20-22-15/h2-5,8-10H,1,6-7H2,(H,21,24)(H,18,20,22). The first-order valence-electron chi connectivity index (χ1n) is 7.65. The third kappa shape index (κ3) is 2.62. The number of aromatic nitrogens is 5. The molecule has 2 aromatic heterocycles. The van der Waals surface area contributed by atoms with Gasteiger partial charge in [-0.1, -0.05) is 15.9 Å². The molecule has 122 valence electrons. The summed E-state index contributed by atoms with van der Waals surface area (Å²) < 4.78 is 2.83. The first-order chi connectivity index (χ1) is 11.7. The smallest absolute Gasteiger partial charge is 0.272 e. The Labute approximate surface area is 146 Å². The average Bonchev–Trinajstić information content (AvgIpc) is 3.23. The van der Waals surface area contributed by atoms with E-state index in [2.05, 4.69) is 41.4 Å². The van der Waals surface area contributed by atoms with E-state index in [0.29, 0.717) is 11.5 Å². The molecule has 2 heterocycles. The molecule has 1 aromatic carbocycles. The average molecular weight is 387 g/mol. The van der Waals surface area contributed by atoms with Gasteiger partial charge in [0.1, 0.15) is 24.2 Å². The molecule has 0 spiro atoms. The molecule has 0 radical (unpaired) electrons. The quantitative estimate of drug-likeness (QED) is 0.720. The van der Waals surface area contributed by atoms with Crippen LogP contribution < -0.4 is 5.32 Å². The van der Waals surface area contributed by atoms with Gasteiger partial charge in [-0.25, -0.2) is 9.97 Å². The Morgan fingerprint density at radius 2 is 2.04 bits per heavy atom. The van der Waals surface area contributed by atoms with Crippen LogP contribution in [0.3, 0.4) is 0 Å². The van der Waals surface area contributed by atoms with E-state index in [9.17, 15) is 4.79 Å². The van der Waals surface area contributed by atoms with Crippen LogP contribution in [0.5, 0.6) is 0 Å². The molecule has 0 saturated heterocycles. The summed E-state index contributed by atoms with van der Waals surface area (Å²) in [6, 6.07) is 7.80. The zero-order valence-corrected chi connectivity index (χ0v) is 14.3. The van der Waals surface area contributed by atoms with E-state index in [0.717, 1.165) is 29.4 Å². The van der Waals surface area contributed by atoms with Gasteiger partial charge in [-0.3, -0.25) is 9.89 Å². The Hall–Kier alpha value is -2.48. The first-order valence-corrected chi connectivity index (χ1v) is 8.44. The fourth-order valence-corrected chi connectivity index (χ4v) is 3.13. The van der Waals surface area contributed by atoms with E-state index in [-0.39, 0.29) is 5.91 Å². The van der Waals surface area contributed by atoms with Gasteiger partial charge in [0, 0.05) is 16.4 Å². The lowest BCUT2D eigenvalue weighted by Gasteiger charge is -2.40. The Kier molecular flexibility index (Phi) is 3.68. The van der Waals surface area contributed by atoms with Crippen LogP contribution in [0.25, 0.3) is 5.69 Å². The van der Waals surface area contributed by atoms with Crippen molar-refractivity contribution in [3.8, 4) is 5.69 Å². The van der Waals surface area contributed by atoms with Crippen molar-refractivity contribution in [3.05, 3.63) is 59.1 Å². The highest BCUT2D eigenvalue weighted by molar-refractivity contribution is 9.10. The van der Waals surface area contributed by atoms with Crippen LogP contribution >= 0.6 is 15.9 Å². The third-order valence-electron chi connectivity index (χ3n) is 4.37. The zero-order valence-electron chi connectivity index (χ0n) is 12.7. The van der Waals surface area contributed by atoms with Crippen molar-refractivity contribution in [2.45, 2.75) is 24.8 Å². The van der Waals surface area contributed by atoms with Crippen molar-refractivity contribution in [3.63, 3.8) is 0 Å². The maximum absolute atomic E-state index is 12.6. The maximum atomic E-state index is 12.6. The Morgan fingerprint density at radius 3 is 2.67 bits per heavy atom. The van der Waals surface area contributed by atoms with Gasteiger partial charge < -0.3 is 9.88 Å². The lowest BCUT2D eigenvalue weighted by Crippen LogP contribution is -2.51. The minimum absolute atomic E-state index is 0.207. The van der Waals surface area contributed by atoms with Crippen molar-refractivity contribution >= 4 is 21.8 Å². The number of rotatable bonds is 4. The van der Waals surface area contributed by atoms with Gasteiger partial charge in [0.2, 0.25) is 0 Å². The highest BCUT2D eigenvalue weighted by Gasteiger charge is 2.43. The predicted octanol–water partition coefficient (Wildman–Crippen LogP) is 2.56. The number of halogens is 1. The van der Waals surface area contributed by atoms with Crippen LogP contribution in [0.15, 0.2) is 47.6 Å². The van der Waals surface area contributed by atoms with Crippen LogP contribution in [-0.2, 0) is 5.54 Å². The molecule has 2 N–H and O–H groups in total. The van der Waals surface area contributed by atoms with Gasteiger partial charge in [-0.15, -0.1) is 0 Å². The van der Waals surface area contributed by atoms with Crippen LogP contribution in [0.4, 0.5) is 0 Å². The Morgan fingerprint density at radius 1 is 1.25 bits per heavy atom. The number of carbonyl (C=O) groups is 1. The lowest BCUT2D eigenvalue weighted by atomic mass is 9.76. The van der Waals surface area contributed by atoms with Gasteiger partial charge in [0.25, 0.3) is 5.91 Å². The Balaban J connectivity index is 1.54. The van der Waals surface area contributed by atoms with Gasteiger partial charge in [-0.2, -0.15) is 5.10 Å². The molecule has 4 rings (SSSR count). The molecular formula is C16H15BrN6O. The summed E-state index contributed by atoms with van der Waals surface area (Å²) in [5.41, 5.74) is 0.872. The van der Waals surface area contributed by atoms with E-state index in [4.69, 9.17) is 0 Å². The molecule has 24 heavy (non-hydrogen) atoms. The largest absolute Gasteiger partial charge is 0.338 e. The third-order valence-corrected chi connectivity index (χ3v) is 4.90. The van der Waals surface area contributed by atoms with E-state index in [1.807, 2.05) is 28.8 Å². The molecule has 1 aliphatic carbocycles. The number of carbonyl (C=O) groups excluding carboxylic acids is 1. The van der Waals surface area contributed by atoms with Crippen LogP contribution in [0, 0.1) is 0 Å². The molecule has 3 aromatic rings. The second-order valence-electron chi connectivity index (χ2n) is 5.87. The SMILES string of the molecule is O=C(NC1(c2ncn[nH]2)CCC1)c1cn(-c2ccc(Br)cc2)cn1. The van der Waals surface area contributed by atoms with Crippen LogP contribution in [-0.4, -0.2) is 30.6 Å². The number of H-pyrrole nitrogens is 1. The molecule has 0 bridgehead atoms. The lowest BCUT2D eigenvalue weighted by molar-refractivity contribution is 0.0805. The summed E-state index contributed by atoms with van der Waals surface area (Å²) in [5, 5.41) is 9.82. The van der Waals surface area contributed by atoms with Gasteiger partial charge in [-0.05, 0) is 43.5 Å². The number of imidazole rings is 1. The number of nitrogens with zero attached hydrogens (tertiary/aromatic N) is 4. The highest BCUT2D eigenvalue weighted by atomic mass is 79.9. The van der Waals surface area contributed by atoms with E-state index >= 15 is 0 Å². The molecule has 7 nitrogen and oxygen atoms in total. The molecule has 0 unspecified atom stereocenters. The monoisotopic (exact) mass is 386 g/mol. The molecular weight excluding hydrogens is 372 g/mol. The van der Waals surface area contributed by atoms with E-state index < -0.39 is 5.54 Å². The molecule has 1 fully saturated rings. The van der Waals surface area contributed by atoms with Crippen molar-refractivity contribution in [1.29, 1.82) is 0 Å². The summed E-state index contributed by atoms with van der Waals surface area (Å²) in [7, 11) is 0. The summed E-state index contributed by atoms with van der Waals surface area (Å²) in [5.74, 6) is 0.497. The number of nitrogens with one attached hydrogen (secondary N) is 2. The highest BCUT2D eigenvalue weighted by Crippen LogP contribution is 2.39. The van der Waals surface area contributed by atoms with Gasteiger partial charge in [0.05, 0.1) is 5.54 Å². The maximum Gasteiger partial charge on any atom is 0.272 e. The summed E-state index contributed by atoms with van der Waals surface area (Å²) >= 11 is 3.41. The number of aromatic amines is 1. The molecule has 8 heteroatoms. The van der Waals surface area contributed by atoms with E-state index in [1.54, 1.807) is 12.5 Å². The molecule has 0 atom stereocenters. The molecule has 0 aliphatic heterocycles. The van der Waals surface area contributed by atoms with Gasteiger partial charge in [0.15, 0.2) is 0 Å². The van der Waals surface area contributed by atoms with Gasteiger partial charge >= 0.3 is 0 Å². The normalized spacial score (nSPS) is 15.7. The molecule has 1 aliphatic rings. The number of hydrogen-bond donors (Lipinski definition) is 2. The zero-order chi connectivity index (χ0) is 16.6. The first kappa shape index (κ1) is 15.1. The fraction of sp³-hybridized carbons (Fsp3) is 0.250. The number of amides is 1. The second kappa shape index (κ2) is 5.86. The van der Waals surface area contributed by atoms with Crippen molar-refractivity contribution in [2.75, 3.05) is 0 Å². The van der Waals surface area contributed by atoms with Crippen LogP contribution in [0.1, 0.15) is 35.6 Å². The topological polar surface area (TPSA) is 88.5 Å². The van der Waals surface area contributed by atoms with Crippen molar-refractivity contribution < 1.29 is 4.79 Å². The van der Waals surface area contributed by atoms with Crippen molar-refractivity contribution in [1.82, 2.24) is 30.0 Å². The number of hydrogen-bond acceptors (Lipinski definition) is 4. The molecule has 1 amide bonds. The van der Waals surface area contributed by atoms with E-state index in [1.165, 1.54) is 6.33 Å². The minimum atomic E-state index is -0.449. The summed E-state index contributed by atoms with van der Waals surface area (Å²) in [4.78, 5) is 21.0. The summed E-state index contributed by atoms with van der Waals surface area (Å²) in [6.45, 7) is 0. The second-order valence-corrected chi connectivity index (χ2v) is 6.78. The Bertz CT molecular complexity index is 851. The fourth-order valence-electron chi connectivity index (χ4n) is 2.86. The number of benzene rings is 1. The summed E-state index contributed by atoms with van der Waals surface area (Å²) in [6.07, 6.45) is 7.58. The van der Waals surface area contributed by atoms with Crippen molar-refractivity contribution in [2.24, 2.45) is 0 Å². The van der Waals surface area contributed by atoms with Crippen LogP contribution in [0.2, 0.25) is 0 Å². The predicted molar refractivity (Wildman–Crippen MR) is 90.6 cm³/mol.